The van der Waals surface area contributed by atoms with Gasteiger partial charge < -0.3 is 19.9 Å². The first-order valence-electron chi connectivity index (χ1n) is 7.41. The number of piperidine rings is 1. The van der Waals surface area contributed by atoms with E-state index in [-0.39, 0.29) is 5.56 Å². The Kier molecular flexibility index (Phi) is 3.91. The predicted octanol–water partition coefficient (Wildman–Crippen LogP) is 0.889. The molecule has 2 N–H and O–H groups in total. The van der Waals surface area contributed by atoms with Gasteiger partial charge in [0.25, 0.3) is 5.56 Å². The molecule has 0 bridgehead atoms. The maximum Gasteiger partial charge on any atom is 0.295 e. The van der Waals surface area contributed by atoms with Crippen LogP contribution in [0.4, 0.5) is 5.82 Å². The molecule has 1 aliphatic heterocycles. The van der Waals surface area contributed by atoms with Crippen LogP contribution in [0.3, 0.4) is 0 Å². The summed E-state index contributed by atoms with van der Waals surface area (Å²) in [6.45, 7) is 1.99. The van der Waals surface area contributed by atoms with Crippen molar-refractivity contribution in [2.45, 2.75) is 44.2 Å². The lowest BCUT2D eigenvalue weighted by Gasteiger charge is -2.31. The molecule has 3 rings (SSSR count). The summed E-state index contributed by atoms with van der Waals surface area (Å²) in [4.78, 5) is 21.0. The van der Waals surface area contributed by atoms with Crippen LogP contribution < -0.4 is 20.5 Å². The Hall–Kier alpha value is -1.56. The fraction of sp³-hybridized carbons (Fsp3) is 0.714. The largest absolute Gasteiger partial charge is 0.489 e. The SMILES string of the molecule is COc1c(N(CC2CCCCN2)C2CC2)nc[nH]c1=O. The molecule has 0 radical (unpaired) electrons. The molecule has 1 aromatic rings. The lowest BCUT2D eigenvalue weighted by Crippen LogP contribution is -2.45. The highest BCUT2D eigenvalue weighted by atomic mass is 16.5. The van der Waals surface area contributed by atoms with Crippen LogP contribution in [0.25, 0.3) is 0 Å². The molecule has 0 amide bonds. The van der Waals surface area contributed by atoms with E-state index in [2.05, 4.69) is 20.2 Å². The van der Waals surface area contributed by atoms with Gasteiger partial charge in [-0.3, -0.25) is 4.79 Å². The molecular formula is C14H22N4O2. The quantitative estimate of drug-likeness (QED) is 0.837. The van der Waals surface area contributed by atoms with Gasteiger partial charge in [-0.2, -0.15) is 0 Å². The molecule has 110 valence electrons. The minimum absolute atomic E-state index is 0.209. The second-order valence-corrected chi connectivity index (χ2v) is 5.62. The third-order valence-corrected chi connectivity index (χ3v) is 4.09. The fourth-order valence-corrected chi connectivity index (χ4v) is 2.88. The Labute approximate surface area is 118 Å². The van der Waals surface area contributed by atoms with Gasteiger partial charge in [0, 0.05) is 18.6 Å². The van der Waals surface area contributed by atoms with Crippen molar-refractivity contribution in [3.63, 3.8) is 0 Å². The molecule has 0 spiro atoms. The molecule has 1 aromatic heterocycles. The lowest BCUT2D eigenvalue weighted by molar-refractivity contribution is 0.387. The van der Waals surface area contributed by atoms with E-state index >= 15 is 0 Å². The number of hydrogen-bond acceptors (Lipinski definition) is 5. The third-order valence-electron chi connectivity index (χ3n) is 4.09. The second-order valence-electron chi connectivity index (χ2n) is 5.62. The zero-order valence-corrected chi connectivity index (χ0v) is 11.9. The molecule has 2 aliphatic rings. The van der Waals surface area contributed by atoms with Gasteiger partial charge in [0.15, 0.2) is 5.82 Å². The maximum atomic E-state index is 11.8. The number of anilines is 1. The van der Waals surface area contributed by atoms with E-state index in [1.165, 1.54) is 45.5 Å². The van der Waals surface area contributed by atoms with Crippen molar-refractivity contribution in [2.75, 3.05) is 25.1 Å². The zero-order valence-electron chi connectivity index (χ0n) is 11.9. The van der Waals surface area contributed by atoms with Gasteiger partial charge in [-0.1, -0.05) is 6.42 Å². The number of H-pyrrole nitrogens is 1. The Morgan fingerprint density at radius 1 is 1.40 bits per heavy atom. The summed E-state index contributed by atoms with van der Waals surface area (Å²) in [5, 5.41) is 3.56. The number of nitrogens with zero attached hydrogens (tertiary/aromatic N) is 2. The average Bonchev–Trinajstić information content (AvgIpc) is 3.30. The van der Waals surface area contributed by atoms with Gasteiger partial charge in [-0.15, -0.1) is 0 Å². The number of rotatable bonds is 5. The van der Waals surface area contributed by atoms with Crippen LogP contribution in [0.15, 0.2) is 11.1 Å². The number of aromatic amines is 1. The molecule has 6 heteroatoms. The smallest absolute Gasteiger partial charge is 0.295 e. The van der Waals surface area contributed by atoms with Crippen LogP contribution in [-0.2, 0) is 0 Å². The van der Waals surface area contributed by atoms with Crippen LogP contribution in [0, 0.1) is 0 Å². The molecule has 1 atom stereocenters. The van der Waals surface area contributed by atoms with E-state index < -0.39 is 0 Å². The topological polar surface area (TPSA) is 70.2 Å². The highest BCUT2D eigenvalue weighted by Gasteiger charge is 2.34. The fourth-order valence-electron chi connectivity index (χ4n) is 2.88. The molecule has 2 fully saturated rings. The Bertz CT molecular complexity index is 506. The van der Waals surface area contributed by atoms with Gasteiger partial charge >= 0.3 is 0 Å². The monoisotopic (exact) mass is 278 g/mol. The number of aromatic nitrogens is 2. The Balaban J connectivity index is 1.83. The number of ether oxygens (including phenoxy) is 1. The second kappa shape index (κ2) is 5.83. The number of methoxy groups -OCH3 is 1. The van der Waals surface area contributed by atoms with Crippen LogP contribution >= 0.6 is 0 Å². The van der Waals surface area contributed by atoms with Crippen molar-refractivity contribution in [1.82, 2.24) is 15.3 Å². The van der Waals surface area contributed by atoms with E-state index in [0.717, 1.165) is 13.1 Å². The van der Waals surface area contributed by atoms with Gasteiger partial charge in [0.1, 0.15) is 0 Å². The summed E-state index contributed by atoms with van der Waals surface area (Å²) in [5.74, 6) is 1.02. The first-order valence-corrected chi connectivity index (χ1v) is 7.41. The summed E-state index contributed by atoms with van der Waals surface area (Å²) < 4.78 is 5.26. The van der Waals surface area contributed by atoms with Gasteiger partial charge in [0.2, 0.25) is 5.75 Å². The molecular weight excluding hydrogens is 256 g/mol. The molecule has 1 saturated carbocycles. The first kappa shape index (κ1) is 13.4. The maximum absolute atomic E-state index is 11.8. The summed E-state index contributed by atoms with van der Waals surface area (Å²) in [6.07, 6.45) is 7.52. The van der Waals surface area contributed by atoms with E-state index in [0.29, 0.717) is 23.7 Å². The Morgan fingerprint density at radius 2 is 2.25 bits per heavy atom. The number of hydrogen-bond donors (Lipinski definition) is 2. The molecule has 6 nitrogen and oxygen atoms in total. The summed E-state index contributed by atoms with van der Waals surface area (Å²) in [6, 6.07) is 0.983. The van der Waals surface area contributed by atoms with Crippen LogP contribution in [0.5, 0.6) is 5.75 Å². The summed E-state index contributed by atoms with van der Waals surface area (Å²) in [7, 11) is 1.53. The van der Waals surface area contributed by atoms with Crippen molar-refractivity contribution < 1.29 is 4.74 Å². The normalized spacial score (nSPS) is 22.6. The van der Waals surface area contributed by atoms with Gasteiger partial charge in [-0.25, -0.2) is 4.98 Å². The van der Waals surface area contributed by atoms with E-state index in [1.807, 2.05) is 0 Å². The molecule has 1 aliphatic carbocycles. The average molecular weight is 278 g/mol. The van der Waals surface area contributed by atoms with E-state index in [9.17, 15) is 4.79 Å². The molecule has 1 unspecified atom stereocenters. The summed E-state index contributed by atoms with van der Waals surface area (Å²) >= 11 is 0. The summed E-state index contributed by atoms with van der Waals surface area (Å²) in [5.41, 5.74) is -0.209. The molecule has 0 aromatic carbocycles. The third kappa shape index (κ3) is 2.80. The van der Waals surface area contributed by atoms with Crippen molar-refractivity contribution in [1.29, 1.82) is 0 Å². The predicted molar refractivity (Wildman–Crippen MR) is 77.4 cm³/mol. The van der Waals surface area contributed by atoms with Crippen LogP contribution in [-0.4, -0.2) is 42.3 Å². The van der Waals surface area contributed by atoms with E-state index in [1.54, 1.807) is 0 Å². The highest BCUT2D eigenvalue weighted by molar-refractivity contribution is 5.52. The van der Waals surface area contributed by atoms with Crippen LogP contribution in [0.2, 0.25) is 0 Å². The standard InChI is InChI=1S/C14H22N4O2/c1-20-12-13(16-9-17-14(12)19)18(11-5-6-11)8-10-4-2-3-7-15-10/h9-11,15H,2-8H2,1H3,(H,16,17,19). The van der Waals surface area contributed by atoms with Crippen molar-refractivity contribution >= 4 is 5.82 Å². The highest BCUT2D eigenvalue weighted by Crippen LogP contribution is 2.34. The minimum Gasteiger partial charge on any atom is -0.489 e. The minimum atomic E-state index is -0.209. The molecule has 2 heterocycles. The Morgan fingerprint density at radius 3 is 2.90 bits per heavy atom. The van der Waals surface area contributed by atoms with Crippen molar-refractivity contribution in [3.05, 3.63) is 16.7 Å². The van der Waals surface area contributed by atoms with Crippen molar-refractivity contribution in [3.8, 4) is 5.75 Å². The van der Waals surface area contributed by atoms with Gasteiger partial charge in [-0.05, 0) is 32.2 Å². The lowest BCUT2D eigenvalue weighted by atomic mass is 10.0. The van der Waals surface area contributed by atoms with E-state index in [4.69, 9.17) is 4.74 Å². The number of nitrogens with one attached hydrogen (secondary N) is 2. The first-order chi connectivity index (χ1) is 9.79. The molecule has 1 saturated heterocycles. The molecule has 20 heavy (non-hydrogen) atoms. The zero-order chi connectivity index (χ0) is 13.9. The van der Waals surface area contributed by atoms with Crippen molar-refractivity contribution in [2.24, 2.45) is 0 Å². The van der Waals surface area contributed by atoms with Crippen LogP contribution in [0.1, 0.15) is 32.1 Å². The van der Waals surface area contributed by atoms with Gasteiger partial charge in [0.05, 0.1) is 13.4 Å².